The lowest BCUT2D eigenvalue weighted by atomic mass is 10.2. The first-order valence-corrected chi connectivity index (χ1v) is 6.65. The average Bonchev–Trinajstić information content (AvgIpc) is 2.85. The van der Waals surface area contributed by atoms with E-state index < -0.39 is 0 Å². The van der Waals surface area contributed by atoms with Crippen LogP contribution in [0.4, 0.5) is 0 Å². The first-order valence-electron chi connectivity index (χ1n) is 6.65. The summed E-state index contributed by atoms with van der Waals surface area (Å²) in [6.07, 6.45) is 2.94. The minimum Gasteiger partial charge on any atom is -0.375 e. The fourth-order valence-corrected chi connectivity index (χ4v) is 1.84. The topological polar surface area (TPSA) is 39.1 Å². The third kappa shape index (κ3) is 5.24. The Hall–Kier alpha value is -1.65. The molecule has 0 aliphatic heterocycles. The standard InChI is InChI=1S/C15H21N3O/c1-18-10-8-15(17-18)13-19-11-5-9-16-12-14-6-3-2-4-7-14/h2-4,6-8,10,16H,5,9,11-13H2,1H3. The van der Waals surface area contributed by atoms with E-state index >= 15 is 0 Å². The number of aryl methyl sites for hydroxylation is 1. The van der Waals surface area contributed by atoms with Crippen molar-refractivity contribution in [3.63, 3.8) is 0 Å². The molecule has 1 N–H and O–H groups in total. The van der Waals surface area contributed by atoms with E-state index in [9.17, 15) is 0 Å². The normalized spacial score (nSPS) is 10.8. The van der Waals surface area contributed by atoms with Gasteiger partial charge in [-0.05, 0) is 24.6 Å². The Morgan fingerprint density at radius 1 is 1.21 bits per heavy atom. The molecule has 1 aromatic carbocycles. The number of nitrogens with one attached hydrogen (secondary N) is 1. The van der Waals surface area contributed by atoms with Gasteiger partial charge in [-0.3, -0.25) is 4.68 Å². The summed E-state index contributed by atoms with van der Waals surface area (Å²) in [5, 5.41) is 7.67. The van der Waals surface area contributed by atoms with Gasteiger partial charge >= 0.3 is 0 Å². The second-order valence-corrected chi connectivity index (χ2v) is 4.55. The van der Waals surface area contributed by atoms with Crippen LogP contribution in [0, 0.1) is 0 Å². The molecule has 2 aromatic rings. The van der Waals surface area contributed by atoms with E-state index in [1.54, 1.807) is 4.68 Å². The molecule has 2 rings (SSSR count). The summed E-state index contributed by atoms with van der Waals surface area (Å²) < 4.78 is 7.36. The third-order valence-electron chi connectivity index (χ3n) is 2.83. The number of nitrogens with zero attached hydrogens (tertiary/aromatic N) is 2. The van der Waals surface area contributed by atoms with Gasteiger partial charge in [0.2, 0.25) is 0 Å². The summed E-state index contributed by atoms with van der Waals surface area (Å²) in [6, 6.07) is 12.4. The second kappa shape index (κ2) is 7.71. The first-order chi connectivity index (χ1) is 9.34. The highest BCUT2D eigenvalue weighted by molar-refractivity contribution is 5.14. The highest BCUT2D eigenvalue weighted by Crippen LogP contribution is 1.98. The fourth-order valence-electron chi connectivity index (χ4n) is 1.84. The van der Waals surface area contributed by atoms with Crippen molar-refractivity contribution in [1.82, 2.24) is 15.1 Å². The Labute approximate surface area is 114 Å². The second-order valence-electron chi connectivity index (χ2n) is 4.55. The van der Waals surface area contributed by atoms with E-state index in [1.165, 1.54) is 5.56 Å². The van der Waals surface area contributed by atoms with Crippen molar-refractivity contribution in [1.29, 1.82) is 0 Å². The maximum Gasteiger partial charge on any atom is 0.0906 e. The van der Waals surface area contributed by atoms with Gasteiger partial charge in [-0.25, -0.2) is 0 Å². The summed E-state index contributed by atoms with van der Waals surface area (Å²) in [7, 11) is 1.91. The van der Waals surface area contributed by atoms with Crippen molar-refractivity contribution in [2.45, 2.75) is 19.6 Å². The highest BCUT2D eigenvalue weighted by Gasteiger charge is 1.96. The van der Waals surface area contributed by atoms with Gasteiger partial charge in [0, 0.05) is 26.4 Å². The molecule has 0 bridgehead atoms. The predicted molar refractivity (Wildman–Crippen MR) is 75.6 cm³/mol. The molecule has 0 unspecified atom stereocenters. The molecule has 0 aliphatic carbocycles. The van der Waals surface area contributed by atoms with Gasteiger partial charge in [0.05, 0.1) is 12.3 Å². The van der Waals surface area contributed by atoms with Gasteiger partial charge in [-0.1, -0.05) is 30.3 Å². The molecule has 0 fully saturated rings. The zero-order valence-electron chi connectivity index (χ0n) is 11.4. The molecule has 1 aromatic heterocycles. The molecule has 0 saturated carbocycles. The van der Waals surface area contributed by atoms with Crippen molar-refractivity contribution >= 4 is 0 Å². The quantitative estimate of drug-likeness (QED) is 0.738. The van der Waals surface area contributed by atoms with Crippen LogP contribution in [-0.4, -0.2) is 22.9 Å². The van der Waals surface area contributed by atoms with Gasteiger partial charge < -0.3 is 10.1 Å². The van der Waals surface area contributed by atoms with Gasteiger partial charge in [0.15, 0.2) is 0 Å². The molecular formula is C15H21N3O. The summed E-state index contributed by atoms with van der Waals surface area (Å²) in [4.78, 5) is 0. The zero-order valence-corrected chi connectivity index (χ0v) is 11.4. The molecule has 1 heterocycles. The Morgan fingerprint density at radius 2 is 2.05 bits per heavy atom. The van der Waals surface area contributed by atoms with E-state index in [1.807, 2.05) is 25.4 Å². The highest BCUT2D eigenvalue weighted by atomic mass is 16.5. The summed E-state index contributed by atoms with van der Waals surface area (Å²) in [5.74, 6) is 0. The average molecular weight is 259 g/mol. The maximum absolute atomic E-state index is 5.57. The molecular weight excluding hydrogens is 238 g/mol. The van der Waals surface area contributed by atoms with Gasteiger partial charge in [-0.2, -0.15) is 5.10 Å². The molecule has 19 heavy (non-hydrogen) atoms. The molecule has 4 heteroatoms. The molecule has 4 nitrogen and oxygen atoms in total. The molecule has 0 saturated heterocycles. The Bertz CT molecular complexity index is 467. The molecule has 102 valence electrons. The Balaban J connectivity index is 1.48. The number of ether oxygens (including phenoxy) is 1. The Kier molecular flexibility index (Phi) is 5.59. The van der Waals surface area contributed by atoms with Crippen LogP contribution < -0.4 is 5.32 Å². The monoisotopic (exact) mass is 259 g/mol. The van der Waals surface area contributed by atoms with Crippen LogP contribution in [-0.2, 0) is 24.9 Å². The largest absolute Gasteiger partial charge is 0.375 e. The van der Waals surface area contributed by atoms with E-state index in [0.29, 0.717) is 6.61 Å². The summed E-state index contributed by atoms with van der Waals surface area (Å²) >= 11 is 0. The molecule has 0 spiro atoms. The lowest BCUT2D eigenvalue weighted by Gasteiger charge is -2.05. The molecule has 0 aliphatic rings. The number of aromatic nitrogens is 2. The predicted octanol–water partition coefficient (Wildman–Crippen LogP) is 2.12. The van der Waals surface area contributed by atoms with Crippen molar-refractivity contribution in [2.75, 3.05) is 13.2 Å². The number of benzene rings is 1. The third-order valence-corrected chi connectivity index (χ3v) is 2.83. The number of hydrogen-bond donors (Lipinski definition) is 1. The van der Waals surface area contributed by atoms with E-state index in [0.717, 1.165) is 31.8 Å². The van der Waals surface area contributed by atoms with Crippen LogP contribution in [0.2, 0.25) is 0 Å². The van der Waals surface area contributed by atoms with Crippen LogP contribution >= 0.6 is 0 Å². The van der Waals surface area contributed by atoms with Gasteiger partial charge in [-0.15, -0.1) is 0 Å². The number of rotatable bonds is 8. The lowest BCUT2D eigenvalue weighted by molar-refractivity contribution is 0.115. The molecule has 0 radical (unpaired) electrons. The summed E-state index contributed by atoms with van der Waals surface area (Å²) in [6.45, 7) is 3.25. The van der Waals surface area contributed by atoms with Crippen molar-refractivity contribution in [2.24, 2.45) is 7.05 Å². The van der Waals surface area contributed by atoms with Gasteiger partial charge in [0.25, 0.3) is 0 Å². The van der Waals surface area contributed by atoms with E-state index in [4.69, 9.17) is 4.74 Å². The van der Waals surface area contributed by atoms with Crippen LogP contribution in [0.15, 0.2) is 42.6 Å². The van der Waals surface area contributed by atoms with Crippen LogP contribution in [0.5, 0.6) is 0 Å². The summed E-state index contributed by atoms with van der Waals surface area (Å²) in [5.41, 5.74) is 2.30. The van der Waals surface area contributed by atoms with Crippen molar-refractivity contribution in [3.8, 4) is 0 Å². The number of hydrogen-bond acceptors (Lipinski definition) is 3. The van der Waals surface area contributed by atoms with Crippen LogP contribution in [0.1, 0.15) is 17.7 Å². The van der Waals surface area contributed by atoms with Crippen LogP contribution in [0.3, 0.4) is 0 Å². The van der Waals surface area contributed by atoms with E-state index in [-0.39, 0.29) is 0 Å². The van der Waals surface area contributed by atoms with Gasteiger partial charge in [0.1, 0.15) is 0 Å². The molecule has 0 amide bonds. The maximum atomic E-state index is 5.57. The van der Waals surface area contributed by atoms with E-state index in [2.05, 4.69) is 34.7 Å². The smallest absolute Gasteiger partial charge is 0.0906 e. The Morgan fingerprint density at radius 3 is 2.79 bits per heavy atom. The minimum atomic E-state index is 0.597. The first kappa shape index (κ1) is 13.8. The zero-order chi connectivity index (χ0) is 13.3. The van der Waals surface area contributed by atoms with Crippen molar-refractivity contribution < 1.29 is 4.74 Å². The fraction of sp³-hybridized carbons (Fsp3) is 0.400. The van der Waals surface area contributed by atoms with Crippen LogP contribution in [0.25, 0.3) is 0 Å². The van der Waals surface area contributed by atoms with Crippen molar-refractivity contribution in [3.05, 3.63) is 53.9 Å². The lowest BCUT2D eigenvalue weighted by Crippen LogP contribution is -2.16. The molecule has 0 atom stereocenters. The minimum absolute atomic E-state index is 0.597. The SMILES string of the molecule is Cn1ccc(COCCCNCc2ccccc2)n1.